The molecular weight excluding hydrogens is 410 g/mol. The van der Waals surface area contributed by atoms with Crippen molar-refractivity contribution in [1.82, 2.24) is 4.98 Å². The first-order chi connectivity index (χ1) is 14.9. The molecule has 164 valence electrons. The lowest BCUT2D eigenvalue weighted by molar-refractivity contribution is 0.419. The van der Waals surface area contributed by atoms with Crippen molar-refractivity contribution in [3.05, 3.63) is 54.2 Å². The minimum atomic E-state index is -3.16. The van der Waals surface area contributed by atoms with Crippen LogP contribution < -0.4 is 15.0 Å². The second kappa shape index (κ2) is 8.75. The van der Waals surface area contributed by atoms with E-state index in [4.69, 9.17) is 4.74 Å². The predicted molar refractivity (Wildman–Crippen MR) is 126 cm³/mol. The van der Waals surface area contributed by atoms with Crippen LogP contribution in [0.5, 0.6) is 5.75 Å². The van der Waals surface area contributed by atoms with Gasteiger partial charge in [0.25, 0.3) is 0 Å². The summed E-state index contributed by atoms with van der Waals surface area (Å²) in [7, 11) is -1.49. The van der Waals surface area contributed by atoms with Gasteiger partial charge in [-0.25, -0.2) is 8.42 Å². The molecule has 1 aliphatic heterocycles. The zero-order valence-corrected chi connectivity index (χ0v) is 19.1. The van der Waals surface area contributed by atoms with Crippen LogP contribution in [0.25, 0.3) is 10.9 Å². The van der Waals surface area contributed by atoms with Crippen LogP contribution in [0.15, 0.2) is 53.6 Å². The summed E-state index contributed by atoms with van der Waals surface area (Å²) in [5, 5.41) is 4.83. The van der Waals surface area contributed by atoms with Gasteiger partial charge in [-0.3, -0.25) is 4.98 Å². The lowest BCUT2D eigenvalue weighted by Gasteiger charge is -2.35. The van der Waals surface area contributed by atoms with E-state index < -0.39 is 9.84 Å². The molecule has 7 heteroatoms. The molecule has 0 unspecified atom stereocenters. The van der Waals surface area contributed by atoms with Gasteiger partial charge in [-0.1, -0.05) is 19.1 Å². The van der Waals surface area contributed by atoms with Crippen molar-refractivity contribution >= 4 is 32.1 Å². The standard InChI is InChI=1S/C24H29N3O3S/c1-4-31(28,29)20-10-8-19(9-11-20)27-14-12-18(13-15-27)26-23-17(2)16-25-24-21(23)6-5-7-22(24)30-3/h5-11,16,18H,4,12-15H2,1-3H3,(H,25,26). The number of rotatable bonds is 6. The highest BCUT2D eigenvalue weighted by Crippen LogP contribution is 2.33. The Bertz CT molecular complexity index is 1170. The van der Waals surface area contributed by atoms with Crippen LogP contribution >= 0.6 is 0 Å². The van der Waals surface area contributed by atoms with E-state index in [9.17, 15) is 8.42 Å². The largest absolute Gasteiger partial charge is 0.494 e. The van der Waals surface area contributed by atoms with E-state index in [1.54, 1.807) is 26.2 Å². The zero-order chi connectivity index (χ0) is 22.0. The highest BCUT2D eigenvalue weighted by molar-refractivity contribution is 7.91. The summed E-state index contributed by atoms with van der Waals surface area (Å²) in [6.07, 6.45) is 3.90. The minimum Gasteiger partial charge on any atom is -0.494 e. The third-order valence-corrected chi connectivity index (χ3v) is 7.80. The minimum absolute atomic E-state index is 0.123. The van der Waals surface area contributed by atoms with E-state index in [-0.39, 0.29) is 5.75 Å². The fourth-order valence-electron chi connectivity index (χ4n) is 4.17. The normalized spacial score (nSPS) is 15.3. The maximum Gasteiger partial charge on any atom is 0.178 e. The second-order valence-corrected chi connectivity index (χ2v) is 10.3. The summed E-state index contributed by atoms with van der Waals surface area (Å²) in [5.74, 6) is 0.905. The molecule has 0 saturated carbocycles. The highest BCUT2D eigenvalue weighted by atomic mass is 32.2. The number of para-hydroxylation sites is 1. The molecule has 1 N–H and O–H groups in total. The Morgan fingerprint density at radius 3 is 2.48 bits per heavy atom. The highest BCUT2D eigenvalue weighted by Gasteiger charge is 2.21. The average molecular weight is 440 g/mol. The van der Waals surface area contributed by atoms with Crippen LogP contribution in [-0.4, -0.2) is 45.4 Å². The van der Waals surface area contributed by atoms with Crippen LogP contribution in [0.1, 0.15) is 25.3 Å². The topological polar surface area (TPSA) is 71.5 Å². The molecule has 1 aliphatic rings. The van der Waals surface area contributed by atoms with Gasteiger partial charge in [-0.15, -0.1) is 0 Å². The number of hydrogen-bond acceptors (Lipinski definition) is 6. The molecule has 31 heavy (non-hydrogen) atoms. The summed E-state index contributed by atoms with van der Waals surface area (Å²) in [4.78, 5) is 7.29. The van der Waals surface area contributed by atoms with Crippen molar-refractivity contribution in [2.45, 2.75) is 37.6 Å². The molecule has 2 aromatic carbocycles. The number of fused-ring (bicyclic) bond motifs is 1. The molecule has 0 aliphatic carbocycles. The molecular formula is C24H29N3O3S. The van der Waals surface area contributed by atoms with Crippen LogP contribution in [0.2, 0.25) is 0 Å². The molecule has 2 heterocycles. The zero-order valence-electron chi connectivity index (χ0n) is 18.3. The van der Waals surface area contributed by atoms with Crippen LogP contribution in [0.4, 0.5) is 11.4 Å². The quantitative estimate of drug-likeness (QED) is 0.613. The van der Waals surface area contributed by atoms with E-state index in [1.165, 1.54) is 0 Å². The van der Waals surface area contributed by atoms with Crippen molar-refractivity contribution in [2.24, 2.45) is 0 Å². The maximum absolute atomic E-state index is 12.0. The SMILES string of the molecule is CCS(=O)(=O)c1ccc(N2CCC(Nc3c(C)cnc4c(OC)cccc34)CC2)cc1. The molecule has 0 atom stereocenters. The van der Waals surface area contributed by atoms with Gasteiger partial charge in [0.15, 0.2) is 9.84 Å². The number of anilines is 2. The van der Waals surface area contributed by atoms with E-state index in [2.05, 4.69) is 28.2 Å². The molecule has 0 radical (unpaired) electrons. The number of aromatic nitrogens is 1. The monoisotopic (exact) mass is 439 g/mol. The van der Waals surface area contributed by atoms with Crippen LogP contribution in [-0.2, 0) is 9.84 Å². The third-order valence-electron chi connectivity index (χ3n) is 6.05. The Morgan fingerprint density at radius 2 is 1.84 bits per heavy atom. The van der Waals surface area contributed by atoms with Crippen molar-refractivity contribution in [3.63, 3.8) is 0 Å². The van der Waals surface area contributed by atoms with Gasteiger partial charge >= 0.3 is 0 Å². The first-order valence-corrected chi connectivity index (χ1v) is 12.3. The van der Waals surface area contributed by atoms with Crippen LogP contribution in [0.3, 0.4) is 0 Å². The number of ether oxygens (including phenoxy) is 1. The molecule has 0 bridgehead atoms. The van der Waals surface area contributed by atoms with Crippen molar-refractivity contribution in [2.75, 3.05) is 36.2 Å². The number of piperidine rings is 1. The Hall–Kier alpha value is -2.80. The van der Waals surface area contributed by atoms with Crippen molar-refractivity contribution in [1.29, 1.82) is 0 Å². The lowest BCUT2D eigenvalue weighted by atomic mass is 10.0. The number of hydrogen-bond donors (Lipinski definition) is 1. The smallest absolute Gasteiger partial charge is 0.178 e. The summed E-state index contributed by atoms with van der Waals surface area (Å²) in [6.45, 7) is 5.59. The number of sulfone groups is 1. The summed E-state index contributed by atoms with van der Waals surface area (Å²) in [6, 6.07) is 13.7. The number of pyridine rings is 1. The molecule has 3 aromatic rings. The second-order valence-electron chi connectivity index (χ2n) is 7.98. The first-order valence-electron chi connectivity index (χ1n) is 10.7. The van der Waals surface area contributed by atoms with Gasteiger partial charge in [-0.05, 0) is 55.7 Å². The predicted octanol–water partition coefficient (Wildman–Crippen LogP) is 4.43. The van der Waals surface area contributed by atoms with Gasteiger partial charge in [0.2, 0.25) is 0 Å². The fraction of sp³-hybridized carbons (Fsp3) is 0.375. The molecule has 1 aromatic heterocycles. The van der Waals surface area contributed by atoms with E-state index in [0.29, 0.717) is 10.9 Å². The van der Waals surface area contributed by atoms with Crippen LogP contribution in [0, 0.1) is 6.92 Å². The Balaban J connectivity index is 1.46. The number of methoxy groups -OCH3 is 1. The van der Waals surface area contributed by atoms with Gasteiger partial charge in [-0.2, -0.15) is 0 Å². The number of nitrogens with one attached hydrogen (secondary N) is 1. The Labute approximate surface area is 184 Å². The molecule has 1 fully saturated rings. The summed E-state index contributed by atoms with van der Waals surface area (Å²) in [5.41, 5.74) is 4.19. The summed E-state index contributed by atoms with van der Waals surface area (Å²) < 4.78 is 29.5. The van der Waals surface area contributed by atoms with Gasteiger partial charge in [0.1, 0.15) is 11.3 Å². The number of aryl methyl sites for hydroxylation is 1. The van der Waals surface area contributed by atoms with Crippen molar-refractivity contribution < 1.29 is 13.2 Å². The first kappa shape index (κ1) is 21.4. The average Bonchev–Trinajstić information content (AvgIpc) is 2.81. The molecule has 6 nitrogen and oxygen atoms in total. The molecule has 4 rings (SSSR count). The molecule has 1 saturated heterocycles. The van der Waals surface area contributed by atoms with Crippen molar-refractivity contribution in [3.8, 4) is 5.75 Å². The van der Waals surface area contributed by atoms with Gasteiger partial charge in [0.05, 0.1) is 17.8 Å². The molecule has 0 spiro atoms. The Morgan fingerprint density at radius 1 is 1.13 bits per heavy atom. The fourth-order valence-corrected chi connectivity index (χ4v) is 5.05. The van der Waals surface area contributed by atoms with E-state index in [1.807, 2.05) is 30.5 Å². The number of benzene rings is 2. The third kappa shape index (κ3) is 4.32. The van der Waals surface area contributed by atoms with Gasteiger partial charge < -0.3 is 15.0 Å². The molecule has 0 amide bonds. The Kier molecular flexibility index (Phi) is 6.05. The number of nitrogens with zero attached hydrogens (tertiary/aromatic N) is 2. The van der Waals surface area contributed by atoms with E-state index >= 15 is 0 Å². The van der Waals surface area contributed by atoms with Gasteiger partial charge in [0, 0.05) is 42.1 Å². The maximum atomic E-state index is 12.0. The van der Waals surface area contributed by atoms with E-state index in [0.717, 1.165) is 59.5 Å². The lowest BCUT2D eigenvalue weighted by Crippen LogP contribution is -2.39. The summed E-state index contributed by atoms with van der Waals surface area (Å²) >= 11 is 0.